The Bertz CT molecular complexity index is 1190. The largest absolute Gasteiger partial charge is 0.493 e. The predicted molar refractivity (Wildman–Crippen MR) is 101 cm³/mol. The fourth-order valence-corrected chi connectivity index (χ4v) is 3.33. The van der Waals surface area contributed by atoms with Crippen LogP contribution >= 0.6 is 0 Å². The van der Waals surface area contributed by atoms with Crippen molar-refractivity contribution in [1.29, 1.82) is 0 Å². The maximum absolute atomic E-state index is 13.1. The highest BCUT2D eigenvalue weighted by molar-refractivity contribution is 5.77. The number of aromatic nitrogens is 2. The molecule has 0 unspecified atom stereocenters. The average Bonchev–Trinajstić information content (AvgIpc) is 2.71. The first kappa shape index (κ1) is 18.5. The molecule has 1 amide bonds. The summed E-state index contributed by atoms with van der Waals surface area (Å²) < 4.78 is 17.3. The van der Waals surface area contributed by atoms with Crippen molar-refractivity contribution in [2.45, 2.75) is 12.3 Å². The van der Waals surface area contributed by atoms with Crippen molar-refractivity contribution in [1.82, 2.24) is 9.38 Å². The molecule has 1 aliphatic rings. The highest BCUT2D eigenvalue weighted by atomic mass is 16.5. The van der Waals surface area contributed by atoms with Gasteiger partial charge >= 0.3 is 5.97 Å². The lowest BCUT2D eigenvalue weighted by atomic mass is 9.88. The molecule has 1 aliphatic heterocycles. The van der Waals surface area contributed by atoms with Crippen molar-refractivity contribution in [2.75, 3.05) is 13.7 Å². The number of primary amides is 1. The van der Waals surface area contributed by atoms with Crippen LogP contribution in [0.4, 0.5) is 0 Å². The molecule has 0 saturated carbocycles. The van der Waals surface area contributed by atoms with Crippen LogP contribution in [0.1, 0.15) is 23.5 Å². The summed E-state index contributed by atoms with van der Waals surface area (Å²) in [6.45, 7) is -0.300. The second-order valence-electron chi connectivity index (χ2n) is 6.46. The number of hydrogen-bond donors (Lipinski definition) is 1. The van der Waals surface area contributed by atoms with E-state index in [4.69, 9.17) is 19.9 Å². The van der Waals surface area contributed by atoms with Gasteiger partial charge in [-0.3, -0.25) is 18.8 Å². The van der Waals surface area contributed by atoms with Crippen molar-refractivity contribution in [3.8, 4) is 17.4 Å². The normalized spacial score (nSPS) is 15.5. The summed E-state index contributed by atoms with van der Waals surface area (Å²) in [7, 11) is 1.45. The molecular formula is C20H17N3O6. The van der Waals surface area contributed by atoms with E-state index in [0.29, 0.717) is 28.3 Å². The van der Waals surface area contributed by atoms with E-state index in [1.165, 1.54) is 11.5 Å². The molecule has 0 bridgehead atoms. The first-order valence-corrected chi connectivity index (χ1v) is 8.79. The number of benzene rings is 1. The summed E-state index contributed by atoms with van der Waals surface area (Å²) in [4.78, 5) is 40.6. The van der Waals surface area contributed by atoms with Gasteiger partial charge in [0.2, 0.25) is 5.88 Å². The number of pyridine rings is 1. The number of ether oxygens (including phenoxy) is 3. The Kier molecular flexibility index (Phi) is 4.63. The fraction of sp³-hybridized carbons (Fsp3) is 0.200. The lowest BCUT2D eigenvalue weighted by Crippen LogP contribution is -2.31. The number of carbonyl (C=O) groups is 2. The molecule has 1 atom stereocenters. The van der Waals surface area contributed by atoms with E-state index in [2.05, 4.69) is 4.98 Å². The van der Waals surface area contributed by atoms with Gasteiger partial charge in [-0.15, -0.1) is 0 Å². The Morgan fingerprint density at radius 3 is 2.86 bits per heavy atom. The molecule has 9 nitrogen and oxygen atoms in total. The van der Waals surface area contributed by atoms with Crippen molar-refractivity contribution in [3.63, 3.8) is 0 Å². The van der Waals surface area contributed by atoms with Crippen LogP contribution in [0.2, 0.25) is 0 Å². The molecule has 148 valence electrons. The zero-order chi connectivity index (χ0) is 20.5. The number of nitrogens with two attached hydrogens (primary N) is 1. The molecule has 29 heavy (non-hydrogen) atoms. The van der Waals surface area contributed by atoms with E-state index in [1.807, 2.05) is 0 Å². The Morgan fingerprint density at radius 1 is 1.28 bits per heavy atom. The molecule has 2 N–H and O–H groups in total. The van der Waals surface area contributed by atoms with Crippen molar-refractivity contribution in [2.24, 2.45) is 5.73 Å². The quantitative estimate of drug-likeness (QED) is 0.640. The number of amides is 1. The number of rotatable bonds is 5. The Morgan fingerprint density at radius 2 is 2.10 bits per heavy atom. The smallest absolute Gasteiger partial charge is 0.313 e. The highest BCUT2D eigenvalue weighted by Crippen LogP contribution is 2.39. The monoisotopic (exact) mass is 395 g/mol. The van der Waals surface area contributed by atoms with Crippen LogP contribution < -0.4 is 25.5 Å². The SMILES string of the molecule is COc1cc([C@@H]2CC(=O)Oc3nc4ccccn4c(=O)c32)ccc1OCC(N)=O. The average molecular weight is 395 g/mol. The van der Waals surface area contributed by atoms with Gasteiger partial charge in [-0.05, 0) is 29.8 Å². The van der Waals surface area contributed by atoms with Crippen molar-refractivity contribution < 1.29 is 23.8 Å². The predicted octanol–water partition coefficient (Wildman–Crippen LogP) is 1.01. The topological polar surface area (TPSA) is 122 Å². The van der Waals surface area contributed by atoms with Gasteiger partial charge in [0, 0.05) is 12.1 Å². The minimum Gasteiger partial charge on any atom is -0.493 e. The van der Waals surface area contributed by atoms with Crippen LogP contribution in [-0.4, -0.2) is 35.0 Å². The van der Waals surface area contributed by atoms with Crippen molar-refractivity contribution >= 4 is 17.5 Å². The second-order valence-corrected chi connectivity index (χ2v) is 6.46. The van der Waals surface area contributed by atoms with E-state index in [1.54, 1.807) is 42.6 Å². The molecule has 0 radical (unpaired) electrons. The zero-order valence-electron chi connectivity index (χ0n) is 15.5. The van der Waals surface area contributed by atoms with Crippen LogP contribution in [0.5, 0.6) is 17.4 Å². The third-order valence-electron chi connectivity index (χ3n) is 4.62. The lowest BCUT2D eigenvalue weighted by molar-refractivity contribution is -0.136. The highest BCUT2D eigenvalue weighted by Gasteiger charge is 2.33. The van der Waals surface area contributed by atoms with Gasteiger partial charge in [-0.1, -0.05) is 12.1 Å². The summed E-state index contributed by atoms with van der Waals surface area (Å²) >= 11 is 0. The maximum Gasteiger partial charge on any atom is 0.313 e. The third-order valence-corrected chi connectivity index (χ3v) is 4.62. The summed E-state index contributed by atoms with van der Waals surface area (Å²) in [5.74, 6) is -0.994. The standard InChI is InChI=1S/C20H17N3O6/c1-27-14-8-11(5-6-13(14)28-10-15(21)24)12-9-17(25)29-19-18(12)20(26)23-7-3-2-4-16(23)22-19/h2-8,12H,9-10H2,1H3,(H2,21,24)/t12-/m0/s1. The number of hydrogen-bond acceptors (Lipinski definition) is 7. The van der Waals surface area contributed by atoms with Crippen LogP contribution in [0.25, 0.3) is 5.65 Å². The molecule has 0 spiro atoms. The molecular weight excluding hydrogens is 378 g/mol. The minimum absolute atomic E-state index is 0.00970. The Balaban J connectivity index is 1.82. The fourth-order valence-electron chi connectivity index (χ4n) is 3.33. The molecule has 0 fully saturated rings. The lowest BCUT2D eigenvalue weighted by Gasteiger charge is -2.24. The molecule has 2 aromatic heterocycles. The van der Waals surface area contributed by atoms with Gasteiger partial charge in [0.15, 0.2) is 18.1 Å². The first-order valence-electron chi connectivity index (χ1n) is 8.79. The zero-order valence-corrected chi connectivity index (χ0v) is 15.5. The number of nitrogens with zero attached hydrogens (tertiary/aromatic N) is 2. The number of fused-ring (bicyclic) bond motifs is 2. The van der Waals surface area contributed by atoms with Gasteiger partial charge in [0.05, 0.1) is 19.1 Å². The summed E-state index contributed by atoms with van der Waals surface area (Å²) in [6, 6.07) is 10.1. The van der Waals surface area contributed by atoms with Gasteiger partial charge in [0.1, 0.15) is 5.65 Å². The van der Waals surface area contributed by atoms with Crippen molar-refractivity contribution in [3.05, 3.63) is 64.1 Å². The molecule has 3 aromatic rings. The molecule has 4 rings (SSSR count). The summed E-state index contributed by atoms with van der Waals surface area (Å²) in [5, 5.41) is 0. The van der Waals surface area contributed by atoms with E-state index in [0.717, 1.165) is 0 Å². The van der Waals surface area contributed by atoms with E-state index in [-0.39, 0.29) is 24.5 Å². The Hall–Kier alpha value is -3.88. The maximum atomic E-state index is 13.1. The molecule has 0 aliphatic carbocycles. The summed E-state index contributed by atoms with van der Waals surface area (Å²) in [6.07, 6.45) is 1.59. The van der Waals surface area contributed by atoms with Crippen LogP contribution in [0.15, 0.2) is 47.4 Å². The number of methoxy groups -OCH3 is 1. The second kappa shape index (κ2) is 7.27. The van der Waals surface area contributed by atoms with Gasteiger partial charge in [-0.2, -0.15) is 4.98 Å². The van der Waals surface area contributed by atoms with Crippen LogP contribution in [0.3, 0.4) is 0 Å². The number of carbonyl (C=O) groups excluding carboxylic acids is 2. The van der Waals surface area contributed by atoms with E-state index in [9.17, 15) is 14.4 Å². The van der Waals surface area contributed by atoms with Gasteiger partial charge in [0.25, 0.3) is 11.5 Å². The molecule has 1 aromatic carbocycles. The van der Waals surface area contributed by atoms with Gasteiger partial charge in [-0.25, -0.2) is 0 Å². The summed E-state index contributed by atoms with van der Waals surface area (Å²) in [5.41, 5.74) is 6.13. The van der Waals surface area contributed by atoms with Crippen LogP contribution in [-0.2, 0) is 9.59 Å². The van der Waals surface area contributed by atoms with E-state index >= 15 is 0 Å². The van der Waals surface area contributed by atoms with Gasteiger partial charge < -0.3 is 19.9 Å². The first-order chi connectivity index (χ1) is 14.0. The minimum atomic E-state index is -0.619. The molecule has 0 saturated heterocycles. The third kappa shape index (κ3) is 3.38. The van der Waals surface area contributed by atoms with Crippen LogP contribution in [0, 0.1) is 0 Å². The Labute approximate surface area is 164 Å². The molecule has 9 heteroatoms. The van der Waals surface area contributed by atoms with E-state index < -0.39 is 17.8 Å². The number of esters is 1. The molecule has 3 heterocycles.